The molecule has 0 aliphatic heterocycles. The average molecular weight is 375 g/mol. The monoisotopic (exact) mass is 375 g/mol. The molecule has 6 heteroatoms. The van der Waals surface area contributed by atoms with Gasteiger partial charge in [0.25, 0.3) is 0 Å². The zero-order valence-electron chi connectivity index (χ0n) is 15.0. The van der Waals surface area contributed by atoms with Crippen molar-refractivity contribution in [2.24, 2.45) is 0 Å². The van der Waals surface area contributed by atoms with Crippen molar-refractivity contribution >= 4 is 10.0 Å². The molecule has 0 amide bonds. The van der Waals surface area contributed by atoms with Crippen LogP contribution < -0.4 is 4.74 Å². The SMILES string of the molecule is CCOCCOc1ccc(S(=O)(=O)N(Cc2ccccc2)C2CC2)cc1. The van der Waals surface area contributed by atoms with Crippen LogP contribution in [0.4, 0.5) is 0 Å². The van der Waals surface area contributed by atoms with Crippen molar-refractivity contribution in [3.05, 3.63) is 60.2 Å². The Balaban J connectivity index is 1.71. The number of hydrogen-bond acceptors (Lipinski definition) is 4. The molecule has 140 valence electrons. The second-order valence-electron chi connectivity index (χ2n) is 6.28. The predicted molar refractivity (Wildman–Crippen MR) is 101 cm³/mol. The van der Waals surface area contributed by atoms with Crippen LogP contribution in [0.25, 0.3) is 0 Å². The van der Waals surface area contributed by atoms with E-state index in [-0.39, 0.29) is 6.04 Å². The summed E-state index contributed by atoms with van der Waals surface area (Å²) in [7, 11) is -3.53. The minimum Gasteiger partial charge on any atom is -0.491 e. The summed E-state index contributed by atoms with van der Waals surface area (Å²) in [5.74, 6) is 0.643. The van der Waals surface area contributed by atoms with Crippen LogP contribution in [-0.2, 0) is 21.3 Å². The molecular weight excluding hydrogens is 350 g/mol. The van der Waals surface area contributed by atoms with E-state index in [1.54, 1.807) is 28.6 Å². The zero-order chi connectivity index (χ0) is 18.4. The van der Waals surface area contributed by atoms with E-state index in [1.165, 1.54) is 0 Å². The molecule has 0 heterocycles. The zero-order valence-corrected chi connectivity index (χ0v) is 15.8. The highest BCUT2D eigenvalue weighted by molar-refractivity contribution is 7.89. The number of ether oxygens (including phenoxy) is 2. The summed E-state index contributed by atoms with van der Waals surface area (Å²) < 4.78 is 38.6. The van der Waals surface area contributed by atoms with Crippen LogP contribution in [0, 0.1) is 0 Å². The quantitative estimate of drug-likeness (QED) is 0.597. The molecule has 1 aliphatic carbocycles. The largest absolute Gasteiger partial charge is 0.491 e. The number of nitrogens with zero attached hydrogens (tertiary/aromatic N) is 1. The van der Waals surface area contributed by atoms with Crippen molar-refractivity contribution in [3.63, 3.8) is 0 Å². The summed E-state index contributed by atoms with van der Waals surface area (Å²) in [5.41, 5.74) is 0.999. The van der Waals surface area contributed by atoms with E-state index >= 15 is 0 Å². The normalized spacial score (nSPS) is 14.5. The molecule has 0 spiro atoms. The van der Waals surface area contributed by atoms with Gasteiger partial charge in [-0.05, 0) is 49.6 Å². The molecular formula is C20H25NO4S. The summed E-state index contributed by atoms with van der Waals surface area (Å²) in [5, 5.41) is 0. The predicted octanol–water partition coefficient (Wildman–Crippen LogP) is 3.46. The van der Waals surface area contributed by atoms with Gasteiger partial charge in [0.2, 0.25) is 10.0 Å². The third-order valence-electron chi connectivity index (χ3n) is 4.27. The molecule has 1 saturated carbocycles. The molecule has 0 atom stereocenters. The molecule has 0 aromatic heterocycles. The summed E-state index contributed by atoms with van der Waals surface area (Å²) in [4.78, 5) is 0.303. The van der Waals surface area contributed by atoms with Gasteiger partial charge in [0.15, 0.2) is 0 Å². The summed E-state index contributed by atoms with van der Waals surface area (Å²) in [6.45, 7) is 3.95. The van der Waals surface area contributed by atoms with Crippen LogP contribution in [0.1, 0.15) is 25.3 Å². The second kappa shape index (κ2) is 8.66. The van der Waals surface area contributed by atoms with E-state index in [9.17, 15) is 8.42 Å². The molecule has 0 unspecified atom stereocenters. The van der Waals surface area contributed by atoms with Gasteiger partial charge in [0.05, 0.1) is 11.5 Å². The lowest BCUT2D eigenvalue weighted by Gasteiger charge is -2.22. The number of hydrogen-bond donors (Lipinski definition) is 0. The van der Waals surface area contributed by atoms with Crippen molar-refractivity contribution in [2.75, 3.05) is 19.8 Å². The van der Waals surface area contributed by atoms with E-state index < -0.39 is 10.0 Å². The molecule has 0 N–H and O–H groups in total. The topological polar surface area (TPSA) is 55.8 Å². The lowest BCUT2D eigenvalue weighted by molar-refractivity contribution is 0.110. The molecule has 0 radical (unpaired) electrons. The Morgan fingerprint density at radius 3 is 2.31 bits per heavy atom. The lowest BCUT2D eigenvalue weighted by atomic mass is 10.2. The van der Waals surface area contributed by atoms with E-state index in [4.69, 9.17) is 9.47 Å². The fourth-order valence-electron chi connectivity index (χ4n) is 2.74. The Morgan fingerprint density at radius 2 is 1.69 bits per heavy atom. The molecule has 2 aromatic rings. The van der Waals surface area contributed by atoms with E-state index in [0.717, 1.165) is 18.4 Å². The molecule has 5 nitrogen and oxygen atoms in total. The number of sulfonamides is 1. The van der Waals surface area contributed by atoms with Crippen molar-refractivity contribution in [1.82, 2.24) is 4.31 Å². The molecule has 0 bridgehead atoms. The maximum absolute atomic E-state index is 13.1. The third-order valence-corrected chi connectivity index (χ3v) is 6.18. The fraction of sp³-hybridized carbons (Fsp3) is 0.400. The van der Waals surface area contributed by atoms with Gasteiger partial charge in [0.1, 0.15) is 12.4 Å². The van der Waals surface area contributed by atoms with Gasteiger partial charge < -0.3 is 9.47 Å². The van der Waals surface area contributed by atoms with Gasteiger partial charge in [-0.2, -0.15) is 4.31 Å². The summed E-state index contributed by atoms with van der Waals surface area (Å²) in [6.07, 6.45) is 1.84. The molecule has 2 aromatic carbocycles. The van der Waals surface area contributed by atoms with Gasteiger partial charge in [-0.15, -0.1) is 0 Å². The molecule has 0 saturated heterocycles. The average Bonchev–Trinajstić information content (AvgIpc) is 3.49. The third kappa shape index (κ3) is 4.84. The highest BCUT2D eigenvalue weighted by Gasteiger charge is 2.38. The molecule has 3 rings (SSSR count). The van der Waals surface area contributed by atoms with E-state index in [2.05, 4.69) is 0 Å². The molecule has 26 heavy (non-hydrogen) atoms. The van der Waals surface area contributed by atoms with Gasteiger partial charge in [0, 0.05) is 19.2 Å². The van der Waals surface area contributed by atoms with Crippen molar-refractivity contribution in [1.29, 1.82) is 0 Å². The van der Waals surface area contributed by atoms with Gasteiger partial charge in [-0.1, -0.05) is 30.3 Å². The Labute approximate surface area is 155 Å². The van der Waals surface area contributed by atoms with Crippen LogP contribution in [0.2, 0.25) is 0 Å². The van der Waals surface area contributed by atoms with Gasteiger partial charge >= 0.3 is 0 Å². The first-order valence-corrected chi connectivity index (χ1v) is 10.4. The maximum atomic E-state index is 13.1. The number of benzene rings is 2. The van der Waals surface area contributed by atoms with Crippen LogP contribution >= 0.6 is 0 Å². The van der Waals surface area contributed by atoms with Crippen LogP contribution in [0.3, 0.4) is 0 Å². The first-order chi connectivity index (χ1) is 12.6. The first kappa shape index (κ1) is 18.9. The van der Waals surface area contributed by atoms with Crippen LogP contribution in [0.15, 0.2) is 59.5 Å². The minimum atomic E-state index is -3.53. The van der Waals surface area contributed by atoms with Crippen LogP contribution in [0.5, 0.6) is 5.75 Å². The first-order valence-electron chi connectivity index (χ1n) is 8.97. The second-order valence-corrected chi connectivity index (χ2v) is 8.17. The van der Waals surface area contributed by atoms with Crippen molar-refractivity contribution in [3.8, 4) is 5.75 Å². The van der Waals surface area contributed by atoms with Crippen molar-refractivity contribution < 1.29 is 17.9 Å². The standard InChI is InChI=1S/C20H25NO4S/c1-2-24-14-15-25-19-10-12-20(13-11-19)26(22,23)21(18-8-9-18)16-17-6-4-3-5-7-17/h3-7,10-13,18H,2,8-9,14-16H2,1H3. The van der Waals surface area contributed by atoms with Gasteiger partial charge in [-0.3, -0.25) is 0 Å². The molecule has 1 fully saturated rings. The fourth-order valence-corrected chi connectivity index (χ4v) is 4.42. The molecule has 1 aliphatic rings. The van der Waals surface area contributed by atoms with Crippen LogP contribution in [-0.4, -0.2) is 38.6 Å². The lowest BCUT2D eigenvalue weighted by Crippen LogP contribution is -2.32. The van der Waals surface area contributed by atoms with Gasteiger partial charge in [-0.25, -0.2) is 8.42 Å². The maximum Gasteiger partial charge on any atom is 0.243 e. The van der Waals surface area contributed by atoms with E-state index in [1.807, 2.05) is 37.3 Å². The van der Waals surface area contributed by atoms with Crippen molar-refractivity contribution in [2.45, 2.75) is 37.2 Å². The summed E-state index contributed by atoms with van der Waals surface area (Å²) >= 11 is 0. The Kier molecular flexibility index (Phi) is 6.29. The minimum absolute atomic E-state index is 0.0994. The Bertz CT molecular complexity index is 786. The summed E-state index contributed by atoms with van der Waals surface area (Å²) in [6, 6.07) is 16.4. The van der Waals surface area contributed by atoms with E-state index in [0.29, 0.717) is 37.0 Å². The Morgan fingerprint density at radius 1 is 1.00 bits per heavy atom. The highest BCUT2D eigenvalue weighted by Crippen LogP contribution is 2.33. The smallest absolute Gasteiger partial charge is 0.243 e. The number of rotatable bonds is 10. The highest BCUT2D eigenvalue weighted by atomic mass is 32.2. The Hall–Kier alpha value is -1.89.